The zero-order valence-corrected chi connectivity index (χ0v) is 49.7. The maximum absolute atomic E-state index is 9.77. The fourth-order valence-electron chi connectivity index (χ4n) is 11.1. The summed E-state index contributed by atoms with van der Waals surface area (Å²) in [5.74, 6) is 2.30. The number of aryl methyl sites for hydroxylation is 1. The number of rotatable bonds is 17. The molecule has 0 saturated carbocycles. The molecular formula is C75H86N4O+2. The summed E-state index contributed by atoms with van der Waals surface area (Å²) in [6, 6.07) is 39.8. The first-order valence-corrected chi connectivity index (χ1v) is 29.1. The summed E-state index contributed by atoms with van der Waals surface area (Å²) < 4.78 is 86.5. The molecule has 5 nitrogen and oxygen atoms in total. The van der Waals surface area contributed by atoms with Crippen molar-refractivity contribution in [3.05, 3.63) is 197 Å². The average Bonchev–Trinajstić information content (AvgIpc) is 1.39. The first-order chi connectivity index (χ1) is 41.5. The van der Waals surface area contributed by atoms with E-state index >= 15 is 0 Å². The zero-order valence-electron chi connectivity index (χ0n) is 57.7. The third-order valence-corrected chi connectivity index (χ3v) is 15.3. The molecule has 1 aliphatic heterocycles. The van der Waals surface area contributed by atoms with Crippen LogP contribution in [-0.2, 0) is 35.5 Å². The number of benzene rings is 7. The van der Waals surface area contributed by atoms with Gasteiger partial charge in [0.05, 0.1) is 28.1 Å². The van der Waals surface area contributed by atoms with Gasteiger partial charge in [-0.25, -0.2) is 4.98 Å². The van der Waals surface area contributed by atoms with Crippen LogP contribution < -0.4 is 9.31 Å². The fourth-order valence-corrected chi connectivity index (χ4v) is 11.1. The van der Waals surface area contributed by atoms with Crippen LogP contribution in [0.4, 0.5) is 17.1 Å². The van der Waals surface area contributed by atoms with E-state index in [1.807, 2.05) is 78.1 Å². The molecule has 10 rings (SSSR count). The van der Waals surface area contributed by atoms with Gasteiger partial charge in [-0.1, -0.05) is 205 Å². The van der Waals surface area contributed by atoms with Crippen molar-refractivity contribution in [3.63, 3.8) is 0 Å². The number of unbranched alkanes of at least 4 members (excludes halogenated alkanes) is 4. The molecule has 7 aromatic carbocycles. The van der Waals surface area contributed by atoms with E-state index in [9.17, 15) is 4.11 Å². The molecule has 0 spiro atoms. The summed E-state index contributed by atoms with van der Waals surface area (Å²) in [6.45, 7) is 28.4. The number of pyridine rings is 1. The topological polar surface area (TPSA) is 33.1 Å². The Balaban J connectivity index is 1.03. The number of para-hydroxylation sites is 2. The predicted molar refractivity (Wildman–Crippen MR) is 340 cm³/mol. The lowest BCUT2D eigenvalue weighted by Crippen LogP contribution is -2.16. The number of hydrogen-bond donors (Lipinski definition) is 0. The van der Waals surface area contributed by atoms with E-state index in [1.54, 1.807) is 12.1 Å². The maximum atomic E-state index is 9.77. The second-order valence-corrected chi connectivity index (χ2v) is 26.3. The molecule has 3 heterocycles. The molecule has 0 aliphatic carbocycles. The summed E-state index contributed by atoms with van der Waals surface area (Å²) in [6.07, 6.45) is 10.3. The van der Waals surface area contributed by atoms with Gasteiger partial charge in [0.15, 0.2) is 6.54 Å². The van der Waals surface area contributed by atoms with Crippen molar-refractivity contribution < 1.29 is 20.3 Å². The molecule has 2 aromatic heterocycles. The Morgan fingerprint density at radius 2 is 1.27 bits per heavy atom. The summed E-state index contributed by atoms with van der Waals surface area (Å²) in [5.41, 5.74) is 10.8. The first kappa shape index (κ1) is 46.4. The number of aromatic nitrogens is 2. The Bertz CT molecular complexity index is 4200. The van der Waals surface area contributed by atoms with E-state index in [4.69, 9.17) is 16.6 Å². The highest BCUT2D eigenvalue weighted by atomic mass is 16.5. The highest BCUT2D eigenvalue weighted by molar-refractivity contribution is 6.11. The Morgan fingerprint density at radius 3 is 1.98 bits per heavy atom. The van der Waals surface area contributed by atoms with E-state index in [0.717, 1.165) is 58.9 Å². The molecule has 5 heteroatoms. The van der Waals surface area contributed by atoms with Crippen molar-refractivity contribution in [2.75, 3.05) is 6.54 Å². The Kier molecular flexibility index (Phi) is 13.2. The van der Waals surface area contributed by atoms with Gasteiger partial charge in [0.2, 0.25) is 5.69 Å². The summed E-state index contributed by atoms with van der Waals surface area (Å²) in [4.78, 5) is 5.05. The Labute approximate surface area is 490 Å². The molecule has 0 fully saturated rings. The molecule has 0 saturated heterocycles. The van der Waals surface area contributed by atoms with Crippen LogP contribution in [0.25, 0.3) is 49.9 Å². The molecule has 0 N–H and O–H groups in total. The van der Waals surface area contributed by atoms with Crippen LogP contribution in [0.2, 0.25) is 0 Å². The van der Waals surface area contributed by atoms with Gasteiger partial charge in [-0.05, 0) is 150 Å². The van der Waals surface area contributed by atoms with E-state index in [1.165, 1.54) is 46.7 Å². The number of nitrogens with zero attached hydrogens (tertiary/aromatic N) is 4. The molecule has 9 aromatic rings. The van der Waals surface area contributed by atoms with Crippen molar-refractivity contribution in [3.8, 4) is 39.6 Å². The third-order valence-electron chi connectivity index (χ3n) is 15.3. The number of ether oxygens (including phenoxy) is 1. The molecule has 0 atom stereocenters. The molecule has 0 unspecified atom stereocenters. The highest BCUT2D eigenvalue weighted by Crippen LogP contribution is 2.43. The van der Waals surface area contributed by atoms with Gasteiger partial charge in [0.25, 0.3) is 11.4 Å². The van der Waals surface area contributed by atoms with E-state index in [2.05, 4.69) is 135 Å². The summed E-state index contributed by atoms with van der Waals surface area (Å²) in [7, 11) is 0. The lowest BCUT2D eigenvalue weighted by atomic mass is 9.78. The zero-order chi connectivity index (χ0) is 63.5. The van der Waals surface area contributed by atoms with Gasteiger partial charge in [-0.3, -0.25) is 4.57 Å². The second-order valence-electron chi connectivity index (χ2n) is 26.3. The van der Waals surface area contributed by atoms with Crippen LogP contribution >= 0.6 is 0 Å². The largest absolute Gasteiger partial charge is 0.496 e. The summed E-state index contributed by atoms with van der Waals surface area (Å²) in [5, 5.41) is 2.46. The average molecular weight is 1070 g/mol. The van der Waals surface area contributed by atoms with Crippen LogP contribution in [-0.4, -0.2) is 26.7 Å². The summed E-state index contributed by atoms with van der Waals surface area (Å²) >= 11 is 0. The van der Waals surface area contributed by atoms with Gasteiger partial charge < -0.3 is 4.74 Å². The predicted octanol–water partition coefficient (Wildman–Crippen LogP) is 20.6. The van der Waals surface area contributed by atoms with Crippen molar-refractivity contribution in [2.45, 2.75) is 164 Å². The minimum atomic E-state index is -0.604. The quantitative estimate of drug-likeness (QED) is 0.0672. The van der Waals surface area contributed by atoms with E-state index in [-0.39, 0.29) is 46.6 Å². The smallest absolute Gasteiger partial charge is 0.457 e. The van der Waals surface area contributed by atoms with Gasteiger partial charge in [0, 0.05) is 47.7 Å². The van der Waals surface area contributed by atoms with Crippen LogP contribution in [0, 0.1) is 5.41 Å². The van der Waals surface area contributed by atoms with E-state index in [0.29, 0.717) is 64.9 Å². The van der Waals surface area contributed by atoms with Crippen LogP contribution in [0.15, 0.2) is 164 Å². The van der Waals surface area contributed by atoms with Gasteiger partial charge in [-0.2, -0.15) is 0 Å². The van der Waals surface area contributed by atoms with Crippen LogP contribution in [0.5, 0.6) is 11.5 Å². The fraction of sp³-hybridized carbons (Fsp3) is 0.360. The lowest BCUT2D eigenvalue weighted by molar-refractivity contribution is -0.431. The SMILES string of the molecule is [2H]c1c([2H])c([2H])c(-c2cccc(-c3c([2H])c(C(C)(C)C)c([2H])c(C(C)(C)C)c3[2H])c2CCCC[N+]2=C=[N+](c3cccc(Oc4cc(CC(C)(C)C)c5c6cc(CCCCCC)ccc6n(-c6cc(C(C)(C)C)ccn6)c5c4)c3)c3ccccc32)c([2H])c1[2H]. The second kappa shape index (κ2) is 22.7. The highest BCUT2D eigenvalue weighted by Gasteiger charge is 2.35. The van der Waals surface area contributed by atoms with Crippen molar-refractivity contribution in [2.24, 2.45) is 5.41 Å². The van der Waals surface area contributed by atoms with Gasteiger partial charge >= 0.3 is 6.01 Å². The molecule has 0 radical (unpaired) electrons. The van der Waals surface area contributed by atoms with Crippen molar-refractivity contribution >= 4 is 44.9 Å². The molecule has 0 bridgehead atoms. The Morgan fingerprint density at radius 1 is 0.588 bits per heavy atom. The molecule has 1 aliphatic rings. The van der Waals surface area contributed by atoms with Crippen molar-refractivity contribution in [1.82, 2.24) is 14.1 Å². The normalized spacial score (nSPS) is 14.4. The van der Waals surface area contributed by atoms with Gasteiger partial charge in [-0.15, -0.1) is 0 Å². The molecule has 410 valence electrons. The number of fused-ring (bicyclic) bond motifs is 4. The molecular weight excluding hydrogens is 973 g/mol. The maximum Gasteiger partial charge on any atom is 0.496 e. The molecule has 80 heavy (non-hydrogen) atoms. The first-order valence-electron chi connectivity index (χ1n) is 33.1. The van der Waals surface area contributed by atoms with Crippen molar-refractivity contribution in [1.29, 1.82) is 0 Å². The minimum absolute atomic E-state index is 0.0223. The Hall–Kier alpha value is -7.33. The third kappa shape index (κ3) is 12.3. The molecule has 0 amide bonds. The number of hydrogen-bond acceptors (Lipinski definition) is 2. The monoisotopic (exact) mass is 1070 g/mol. The standard InChI is InChI=1S/C75H86N4O/c1-14-15-16-18-27-52-37-38-66-65(42-52)71-55(50-72(2,3)4)45-61(49-69(71)79(66)70-47-56(39-40-76-70)73(5,6)7)80-60-31-25-30-59(48-60)78-51-77(67-35-21-22-36-68(67)78)41-24-23-32-64-62(53-28-19-17-20-29-53)33-26-34-63(64)54-43-57(74(8,9)10)46-58(44-54)75(11,12)13/h17,19-22,25-26,28-31,33-40,42-49H,14-16,18,23-24,27,32,41,50H2,1-13H3/q+2/i17D,19D,20D,28D,29D,43D,44D,46D. The van der Waals surface area contributed by atoms with Gasteiger partial charge in [0.1, 0.15) is 17.3 Å². The van der Waals surface area contributed by atoms with E-state index < -0.39 is 29.0 Å². The van der Waals surface area contributed by atoms with Crippen LogP contribution in [0.3, 0.4) is 0 Å². The lowest BCUT2D eigenvalue weighted by Gasteiger charge is -2.27. The van der Waals surface area contributed by atoms with Crippen LogP contribution in [0.1, 0.15) is 173 Å². The minimum Gasteiger partial charge on any atom is -0.457 e.